The fraction of sp³-hybridized carbons (Fsp3) is 0.400. The van der Waals surface area contributed by atoms with E-state index in [-0.39, 0.29) is 44.7 Å². The number of benzene rings is 2. The number of halogens is 2. The highest BCUT2D eigenvalue weighted by Gasteiger charge is 2.30. The van der Waals surface area contributed by atoms with Crippen LogP contribution in [0, 0.1) is 11.3 Å². The number of aromatic amines is 1. The number of carbonyl (C=O) groups is 1. The molecule has 2 aliphatic carbocycles. The van der Waals surface area contributed by atoms with Gasteiger partial charge in [0.2, 0.25) is 5.88 Å². The van der Waals surface area contributed by atoms with Crippen LogP contribution in [-0.4, -0.2) is 84.7 Å². The molecule has 1 saturated heterocycles. The van der Waals surface area contributed by atoms with Crippen LogP contribution in [0.2, 0.25) is 10.2 Å². The summed E-state index contributed by atoms with van der Waals surface area (Å²) in [5.74, 6) is 0.0955. The molecule has 1 saturated carbocycles. The van der Waals surface area contributed by atoms with Gasteiger partial charge in [-0.15, -0.1) is 0 Å². The molecule has 0 bridgehead atoms. The number of hydrogen-bond donors (Lipinski definition) is 3. The molecule has 4 heterocycles. The number of ether oxygens (including phenoxy) is 2. The topological polar surface area (TPSA) is 150 Å². The third-order valence-electron chi connectivity index (χ3n) is 11.9. The quantitative estimate of drug-likeness (QED) is 0.104. The van der Waals surface area contributed by atoms with Gasteiger partial charge >= 0.3 is 0 Å². The molecule has 0 radical (unpaired) electrons. The number of aromatic nitrogens is 3. The number of hydrogen-bond acceptors (Lipinski definition) is 10. The maximum atomic E-state index is 13.9. The third-order valence-corrected chi connectivity index (χ3v) is 13.9. The van der Waals surface area contributed by atoms with Gasteiger partial charge in [0.25, 0.3) is 15.9 Å². The van der Waals surface area contributed by atoms with Crippen LogP contribution in [0.15, 0.2) is 89.6 Å². The summed E-state index contributed by atoms with van der Waals surface area (Å²) in [6, 6.07) is 19.7. The maximum Gasteiger partial charge on any atom is 0.268 e. The summed E-state index contributed by atoms with van der Waals surface area (Å²) in [6.45, 7) is 9.15. The van der Waals surface area contributed by atoms with Gasteiger partial charge in [-0.1, -0.05) is 54.8 Å². The van der Waals surface area contributed by atoms with E-state index in [1.54, 1.807) is 30.6 Å². The van der Waals surface area contributed by atoms with Crippen LogP contribution in [0.5, 0.6) is 17.4 Å². The van der Waals surface area contributed by atoms with Gasteiger partial charge in [0, 0.05) is 67.1 Å². The Balaban J connectivity index is 0.981. The Kier molecular flexibility index (Phi) is 12.4. The standard InChI is InChI=1S/C45H50Cl2N6O6S/c1-45(2)17-15-32(38(25-45)30-5-7-33(46)8-6-30)27-52-19-21-53(22-20-52)34-9-12-37(39(24-34)59-36-23-31-16-18-48-43(31)49-26-36)44(55)51-60(56,57)40-13-14-41(50-42(40)47)58-28-29-3-10-35(54)11-4-29/h5-9,12-14,16,18,23-24,26,29,35,54H,3-4,10-11,15,17,19-22,25,27-28H2,1-2H3,(H,48,49)(H,51,55). The Hall–Kier alpha value is -4.66. The number of H-pyrrole nitrogens is 1. The molecule has 2 aromatic carbocycles. The molecule has 0 spiro atoms. The van der Waals surface area contributed by atoms with Gasteiger partial charge in [0.05, 0.1) is 24.5 Å². The number of anilines is 1. The number of allylic oxidation sites excluding steroid dienone is 1. The molecule has 1 amide bonds. The molecule has 3 aromatic heterocycles. The number of nitrogens with zero attached hydrogens (tertiary/aromatic N) is 4. The minimum absolute atomic E-state index is 0.0126. The summed E-state index contributed by atoms with van der Waals surface area (Å²) >= 11 is 12.6. The van der Waals surface area contributed by atoms with Crippen LogP contribution in [0.3, 0.4) is 0 Å². The van der Waals surface area contributed by atoms with E-state index >= 15 is 0 Å². The first kappa shape index (κ1) is 42.0. The molecule has 0 unspecified atom stereocenters. The Labute approximate surface area is 361 Å². The van der Waals surface area contributed by atoms with E-state index in [9.17, 15) is 18.3 Å². The zero-order chi connectivity index (χ0) is 42.0. The van der Waals surface area contributed by atoms with Crippen molar-refractivity contribution >= 4 is 61.4 Å². The summed E-state index contributed by atoms with van der Waals surface area (Å²) in [5, 5.41) is 11.0. The van der Waals surface area contributed by atoms with Crippen molar-refractivity contribution < 1.29 is 27.8 Å². The average Bonchev–Trinajstić information content (AvgIpc) is 3.70. The van der Waals surface area contributed by atoms with E-state index in [1.165, 1.54) is 28.8 Å². The molecule has 0 atom stereocenters. The van der Waals surface area contributed by atoms with Crippen molar-refractivity contribution in [3.63, 3.8) is 0 Å². The van der Waals surface area contributed by atoms with E-state index in [4.69, 9.17) is 32.7 Å². The highest BCUT2D eigenvalue weighted by Crippen LogP contribution is 2.43. The van der Waals surface area contributed by atoms with Crippen molar-refractivity contribution in [3.05, 3.63) is 106 Å². The molecule has 2 fully saturated rings. The molecule has 15 heteroatoms. The number of amides is 1. The lowest BCUT2D eigenvalue weighted by atomic mass is 9.72. The Morgan fingerprint density at radius 2 is 1.75 bits per heavy atom. The number of sulfonamides is 1. The molecule has 60 heavy (non-hydrogen) atoms. The van der Waals surface area contributed by atoms with E-state index in [0.29, 0.717) is 18.0 Å². The number of rotatable bonds is 12. The van der Waals surface area contributed by atoms with Crippen LogP contribution < -0.4 is 19.1 Å². The Bertz CT molecular complexity index is 2490. The van der Waals surface area contributed by atoms with Crippen LogP contribution in [0.4, 0.5) is 5.69 Å². The molecular formula is C45H50Cl2N6O6S. The highest BCUT2D eigenvalue weighted by molar-refractivity contribution is 7.90. The van der Waals surface area contributed by atoms with Gasteiger partial charge in [-0.25, -0.2) is 23.1 Å². The maximum absolute atomic E-state index is 13.9. The molecule has 8 rings (SSSR count). The zero-order valence-corrected chi connectivity index (χ0v) is 36.1. The molecule has 5 aromatic rings. The summed E-state index contributed by atoms with van der Waals surface area (Å²) in [5.41, 5.74) is 5.92. The average molecular weight is 874 g/mol. The van der Waals surface area contributed by atoms with Crippen LogP contribution >= 0.6 is 23.2 Å². The Morgan fingerprint density at radius 1 is 0.983 bits per heavy atom. The first-order chi connectivity index (χ1) is 28.8. The first-order valence-corrected chi connectivity index (χ1v) is 22.8. The highest BCUT2D eigenvalue weighted by atomic mass is 35.5. The lowest BCUT2D eigenvalue weighted by molar-refractivity contribution is 0.0908. The van der Waals surface area contributed by atoms with Gasteiger partial charge < -0.3 is 24.5 Å². The number of pyridine rings is 2. The van der Waals surface area contributed by atoms with Crippen LogP contribution in [0.1, 0.15) is 74.7 Å². The summed E-state index contributed by atoms with van der Waals surface area (Å²) in [6.07, 6.45) is 9.38. The summed E-state index contributed by atoms with van der Waals surface area (Å²) in [4.78, 5) is 29.9. The van der Waals surface area contributed by atoms with Crippen molar-refractivity contribution in [1.29, 1.82) is 0 Å². The number of nitrogens with one attached hydrogen (secondary N) is 2. The number of fused-ring (bicyclic) bond motifs is 1. The Morgan fingerprint density at radius 3 is 2.50 bits per heavy atom. The smallest absolute Gasteiger partial charge is 0.268 e. The lowest BCUT2D eigenvalue weighted by Crippen LogP contribution is -2.47. The number of carbonyl (C=O) groups excluding carboxylic acids is 1. The minimum atomic E-state index is -4.46. The molecule has 316 valence electrons. The fourth-order valence-corrected chi connectivity index (χ4v) is 9.97. The van der Waals surface area contributed by atoms with Gasteiger partial charge in [0.1, 0.15) is 22.0 Å². The molecular weight excluding hydrogens is 824 g/mol. The van der Waals surface area contributed by atoms with E-state index in [0.717, 1.165) is 93.8 Å². The van der Waals surface area contributed by atoms with E-state index in [2.05, 4.69) is 55.5 Å². The first-order valence-electron chi connectivity index (χ1n) is 20.5. The number of aliphatic hydroxyl groups excluding tert-OH is 1. The second kappa shape index (κ2) is 17.7. The zero-order valence-electron chi connectivity index (χ0n) is 33.8. The molecule has 3 N–H and O–H groups in total. The normalized spacial score (nSPS) is 20.0. The predicted octanol–water partition coefficient (Wildman–Crippen LogP) is 8.89. The van der Waals surface area contributed by atoms with Gasteiger partial charge in [-0.3, -0.25) is 9.69 Å². The van der Waals surface area contributed by atoms with E-state index in [1.807, 2.05) is 24.3 Å². The van der Waals surface area contributed by atoms with Crippen molar-refractivity contribution in [3.8, 4) is 17.4 Å². The minimum Gasteiger partial charge on any atom is -0.477 e. The van der Waals surface area contributed by atoms with Gasteiger partial charge in [-0.2, -0.15) is 0 Å². The SMILES string of the molecule is CC1(C)CCC(CN2CCN(c3ccc(C(=O)NS(=O)(=O)c4ccc(OCC5CCC(O)CC5)nc4Cl)c(Oc4cnc5[nH]ccc5c4)c3)CC2)=C(c2ccc(Cl)cc2)C1. The number of piperazine rings is 1. The summed E-state index contributed by atoms with van der Waals surface area (Å²) in [7, 11) is -4.46. The number of aliphatic hydroxyl groups is 1. The van der Waals surface area contributed by atoms with E-state index < -0.39 is 15.9 Å². The molecule has 3 aliphatic rings. The second-order valence-corrected chi connectivity index (χ2v) is 19.4. The van der Waals surface area contributed by atoms with Gasteiger partial charge in [-0.05, 0) is 110 Å². The third kappa shape index (κ3) is 9.92. The fourth-order valence-electron chi connectivity index (χ4n) is 8.41. The van der Waals surface area contributed by atoms with Crippen LogP contribution in [0.25, 0.3) is 16.6 Å². The summed E-state index contributed by atoms with van der Waals surface area (Å²) < 4.78 is 41.5. The molecule has 12 nitrogen and oxygen atoms in total. The second-order valence-electron chi connectivity index (χ2n) is 16.9. The van der Waals surface area contributed by atoms with Crippen LogP contribution in [-0.2, 0) is 10.0 Å². The largest absolute Gasteiger partial charge is 0.477 e. The van der Waals surface area contributed by atoms with Crippen molar-refractivity contribution in [2.75, 3.05) is 44.2 Å². The van der Waals surface area contributed by atoms with Gasteiger partial charge in [0.15, 0.2) is 5.15 Å². The van der Waals surface area contributed by atoms with Crippen molar-refractivity contribution in [2.45, 2.75) is 69.8 Å². The lowest BCUT2D eigenvalue weighted by Gasteiger charge is -2.39. The van der Waals surface area contributed by atoms with Crippen molar-refractivity contribution in [1.82, 2.24) is 24.6 Å². The monoisotopic (exact) mass is 872 g/mol. The predicted molar refractivity (Wildman–Crippen MR) is 235 cm³/mol. The van der Waals surface area contributed by atoms with Crippen molar-refractivity contribution in [2.24, 2.45) is 11.3 Å². The molecule has 1 aliphatic heterocycles.